The van der Waals surface area contributed by atoms with Crippen LogP contribution in [-0.4, -0.2) is 0 Å². The van der Waals surface area contributed by atoms with Crippen LogP contribution in [0.5, 0.6) is 0 Å². The van der Waals surface area contributed by atoms with Crippen molar-refractivity contribution in [3.05, 3.63) is 141 Å². The van der Waals surface area contributed by atoms with Crippen LogP contribution in [0, 0.1) is 6.08 Å². The van der Waals surface area contributed by atoms with Gasteiger partial charge in [0.15, 0.2) is 0 Å². The molecule has 0 aromatic heterocycles. The van der Waals surface area contributed by atoms with E-state index in [1.165, 1.54) is 49.4 Å². The molecule has 2 aliphatic carbocycles. The van der Waals surface area contributed by atoms with Crippen LogP contribution in [0.25, 0.3) is 11.1 Å². The number of hydrogen-bond donors (Lipinski definition) is 0. The first-order valence-electron chi connectivity index (χ1n) is 9.78. The molecule has 0 spiro atoms. The summed E-state index contributed by atoms with van der Waals surface area (Å²) in [6, 6.07) is 28.0. The summed E-state index contributed by atoms with van der Waals surface area (Å²) in [6.45, 7) is 2.18. The number of fused-ring (bicyclic) bond motifs is 1. The summed E-state index contributed by atoms with van der Waals surface area (Å²) in [6.07, 6.45) is 11.3. The largest absolute Gasteiger partial charge is 3.00 e. The third-order valence-corrected chi connectivity index (χ3v) is 5.50. The molecule has 2 aliphatic rings. The zero-order chi connectivity index (χ0) is 18.9. The summed E-state index contributed by atoms with van der Waals surface area (Å²) in [5, 5.41) is 2.60. The van der Waals surface area contributed by atoms with Crippen molar-refractivity contribution >= 4 is 11.1 Å². The van der Waals surface area contributed by atoms with Gasteiger partial charge in [0.05, 0.1) is 0 Å². The quantitative estimate of drug-likeness (QED) is 0.393. The van der Waals surface area contributed by atoms with Gasteiger partial charge in [-0.25, -0.2) is 0 Å². The molecule has 1 radical (unpaired) electrons. The van der Waals surface area contributed by atoms with Crippen LogP contribution in [0.4, 0.5) is 0 Å². The Balaban J connectivity index is 0.00000114. The maximum atomic E-state index is 3.62. The molecule has 0 amide bonds. The minimum Gasteiger partial charge on any atom is -1.00 e. The normalized spacial score (nSPS) is 13.3. The van der Waals surface area contributed by atoms with Crippen LogP contribution in [-0.2, 0) is 26.2 Å². The van der Waals surface area contributed by atoms with Crippen molar-refractivity contribution in [1.82, 2.24) is 0 Å². The van der Waals surface area contributed by atoms with Gasteiger partial charge in [0.25, 0.3) is 0 Å². The van der Waals surface area contributed by atoms with Gasteiger partial charge in [0.1, 0.15) is 0 Å². The van der Waals surface area contributed by atoms with Crippen molar-refractivity contribution < 1.29 is 51.0 Å². The molecule has 5 rings (SSSR count). The summed E-state index contributed by atoms with van der Waals surface area (Å²) in [4.78, 5) is 0. The molecule has 0 N–H and O–H groups in total. The number of rotatable bonds is 3. The molecule has 0 heterocycles. The van der Waals surface area contributed by atoms with Crippen LogP contribution in [0.3, 0.4) is 0 Å². The van der Waals surface area contributed by atoms with E-state index in [0.29, 0.717) is 0 Å². The van der Waals surface area contributed by atoms with Crippen LogP contribution >= 0.6 is 0 Å². The van der Waals surface area contributed by atoms with Crippen LogP contribution in [0.1, 0.15) is 30.0 Å². The predicted octanol–water partition coefficient (Wildman–Crippen LogP) is -0.912. The molecule has 0 unspecified atom stereocenters. The molecule has 0 nitrogen and oxygen atoms in total. The monoisotopic (exact) mass is 517 g/mol. The Labute approximate surface area is 215 Å². The average molecular weight is 520 g/mol. The fourth-order valence-electron chi connectivity index (χ4n) is 4.31. The van der Waals surface area contributed by atoms with Crippen molar-refractivity contribution in [3.8, 4) is 0 Å². The van der Waals surface area contributed by atoms with Gasteiger partial charge < -0.3 is 24.8 Å². The Kier molecular flexibility index (Phi) is 9.07. The zero-order valence-corrected chi connectivity index (χ0v) is 21.2. The van der Waals surface area contributed by atoms with E-state index in [1.807, 2.05) is 0 Å². The first kappa shape index (κ1) is 25.3. The maximum Gasteiger partial charge on any atom is 3.00 e. The second-order valence-corrected chi connectivity index (χ2v) is 7.28. The fourth-order valence-corrected chi connectivity index (χ4v) is 4.31. The van der Waals surface area contributed by atoms with Crippen molar-refractivity contribution in [3.63, 3.8) is 0 Å². The first-order chi connectivity index (χ1) is 13.8. The van der Waals surface area contributed by atoms with Crippen LogP contribution in [0.2, 0.25) is 0 Å². The van der Waals surface area contributed by atoms with Gasteiger partial charge >= 0.3 is 26.2 Å². The topological polar surface area (TPSA) is 0 Å². The molecule has 0 atom stereocenters. The molecule has 0 fully saturated rings. The molecule has 0 aliphatic heterocycles. The molecule has 151 valence electrons. The van der Waals surface area contributed by atoms with Gasteiger partial charge in [-0.15, -0.1) is 34.6 Å². The molecule has 31 heavy (non-hydrogen) atoms. The van der Waals surface area contributed by atoms with Gasteiger partial charge in [-0.3, -0.25) is 0 Å². The SMILES string of the molecule is CC1=[C-]c2cccc(=C(c3ccccc3)c3ccccc3)c2=C1C1=CC=CC1.[Cl-].[Cl-].[Zr+3]. The molecule has 3 aromatic rings. The Bertz CT molecular complexity index is 1230. The van der Waals surface area contributed by atoms with Crippen LogP contribution in [0.15, 0.2) is 108 Å². The van der Waals surface area contributed by atoms with Crippen LogP contribution < -0.4 is 35.3 Å². The van der Waals surface area contributed by atoms with Gasteiger partial charge in [0, 0.05) is 0 Å². The summed E-state index contributed by atoms with van der Waals surface area (Å²) >= 11 is 0. The second-order valence-electron chi connectivity index (χ2n) is 7.28. The van der Waals surface area contributed by atoms with Gasteiger partial charge in [0.2, 0.25) is 0 Å². The Hall–Kier alpha value is -1.92. The van der Waals surface area contributed by atoms with Crippen molar-refractivity contribution in [1.29, 1.82) is 0 Å². The number of hydrogen-bond acceptors (Lipinski definition) is 0. The standard InChI is InChI=1S/C28H21.2ClH.Zr/c1-20-19-24-17-10-18-25(28(24)26(20)21-15-8-9-16-21)27(22-11-4-2-5-12-22)23-13-6-3-7-14-23;;;/h2-15,17-18H,16H2,1H3;2*1H;/q-1;;;+3/p-2. The number of halogens is 2. The Morgan fingerprint density at radius 1 is 0.774 bits per heavy atom. The summed E-state index contributed by atoms with van der Waals surface area (Å²) in [7, 11) is 0. The molecule has 3 aromatic carbocycles. The summed E-state index contributed by atoms with van der Waals surface area (Å²) in [5.74, 6) is 0. The summed E-state index contributed by atoms with van der Waals surface area (Å²) < 4.78 is 0. The van der Waals surface area contributed by atoms with E-state index >= 15 is 0 Å². The first-order valence-corrected chi connectivity index (χ1v) is 9.78. The second kappa shape index (κ2) is 11.1. The van der Waals surface area contributed by atoms with E-state index < -0.39 is 0 Å². The minimum atomic E-state index is 0. The average Bonchev–Trinajstić information content (AvgIpc) is 3.37. The third-order valence-electron chi connectivity index (χ3n) is 5.50. The third kappa shape index (κ3) is 4.80. The van der Waals surface area contributed by atoms with E-state index in [1.54, 1.807) is 0 Å². The minimum absolute atomic E-state index is 0. The van der Waals surface area contributed by atoms with Crippen molar-refractivity contribution in [2.75, 3.05) is 0 Å². The van der Waals surface area contributed by atoms with Crippen molar-refractivity contribution in [2.24, 2.45) is 0 Å². The van der Waals surface area contributed by atoms with E-state index in [4.69, 9.17) is 0 Å². The smallest absolute Gasteiger partial charge is 1.00 e. The van der Waals surface area contributed by atoms with Gasteiger partial charge in [-0.2, -0.15) is 5.56 Å². The molecule has 0 saturated carbocycles. The van der Waals surface area contributed by atoms with Gasteiger partial charge in [-0.05, 0) is 23.1 Å². The van der Waals surface area contributed by atoms with E-state index in [2.05, 4.69) is 110 Å². The number of allylic oxidation sites excluding steroid dienone is 5. The summed E-state index contributed by atoms with van der Waals surface area (Å²) in [5.41, 5.74) is 8.92. The van der Waals surface area contributed by atoms with E-state index in [0.717, 1.165) is 6.42 Å². The predicted molar refractivity (Wildman–Crippen MR) is 117 cm³/mol. The number of benzene rings is 3. The van der Waals surface area contributed by atoms with E-state index in [9.17, 15) is 0 Å². The molecular formula is C28H21Cl2Zr. The molecule has 0 bridgehead atoms. The maximum absolute atomic E-state index is 3.62. The molecular weight excluding hydrogens is 498 g/mol. The molecule has 0 saturated heterocycles. The van der Waals surface area contributed by atoms with E-state index in [-0.39, 0.29) is 51.0 Å². The zero-order valence-electron chi connectivity index (χ0n) is 17.2. The Morgan fingerprint density at radius 3 is 1.94 bits per heavy atom. The fraction of sp³-hybridized carbons (Fsp3) is 0.0714. The Morgan fingerprint density at radius 2 is 1.39 bits per heavy atom. The van der Waals surface area contributed by atoms with Crippen molar-refractivity contribution in [2.45, 2.75) is 13.3 Å². The van der Waals surface area contributed by atoms with Gasteiger partial charge in [-0.1, -0.05) is 103 Å². The molecule has 3 heteroatoms.